The number of benzene rings is 3. The highest BCUT2D eigenvalue weighted by Crippen LogP contribution is 2.22. The summed E-state index contributed by atoms with van der Waals surface area (Å²) in [5.74, 6) is 0.600. The molecule has 6 nitrogen and oxygen atoms in total. The molecular weight excluding hydrogens is 464 g/mol. The van der Waals surface area contributed by atoms with E-state index in [-0.39, 0.29) is 19.8 Å². The minimum atomic E-state index is -0.546. The van der Waals surface area contributed by atoms with Gasteiger partial charge in [0.2, 0.25) is 0 Å². The van der Waals surface area contributed by atoms with Gasteiger partial charge in [0.25, 0.3) is 0 Å². The van der Waals surface area contributed by atoms with Gasteiger partial charge in [-0.25, -0.2) is 9.59 Å². The highest BCUT2D eigenvalue weighted by atomic mass is 79.9. The van der Waals surface area contributed by atoms with E-state index in [1.165, 1.54) is 24.3 Å². The van der Waals surface area contributed by atoms with Gasteiger partial charge in [0, 0.05) is 4.47 Å². The molecule has 0 saturated carbocycles. The van der Waals surface area contributed by atoms with Crippen molar-refractivity contribution in [2.24, 2.45) is 0 Å². The molecule has 7 heteroatoms. The summed E-state index contributed by atoms with van der Waals surface area (Å²) in [6.07, 6.45) is 0. The van der Waals surface area contributed by atoms with E-state index >= 15 is 0 Å². The van der Waals surface area contributed by atoms with E-state index in [4.69, 9.17) is 18.9 Å². The molecule has 31 heavy (non-hydrogen) atoms. The molecule has 3 aromatic carbocycles. The van der Waals surface area contributed by atoms with Crippen molar-refractivity contribution in [3.05, 3.63) is 88.4 Å². The zero-order valence-corrected chi connectivity index (χ0v) is 18.5. The van der Waals surface area contributed by atoms with Crippen molar-refractivity contribution >= 4 is 27.9 Å². The van der Waals surface area contributed by atoms with Crippen LogP contribution in [0.4, 0.5) is 0 Å². The van der Waals surface area contributed by atoms with Crippen LogP contribution in [0, 0.1) is 6.92 Å². The maximum atomic E-state index is 12.1. The van der Waals surface area contributed by atoms with E-state index in [9.17, 15) is 9.59 Å². The fourth-order valence-corrected chi connectivity index (χ4v) is 3.10. The Kier molecular flexibility index (Phi) is 8.06. The summed E-state index contributed by atoms with van der Waals surface area (Å²) in [6.45, 7) is 2.03. The van der Waals surface area contributed by atoms with Crippen LogP contribution in [0.1, 0.15) is 15.9 Å². The molecule has 0 fully saturated rings. The van der Waals surface area contributed by atoms with Crippen LogP contribution >= 0.6 is 15.9 Å². The highest BCUT2D eigenvalue weighted by Gasteiger charge is 2.11. The second kappa shape index (κ2) is 11.2. The summed E-state index contributed by atoms with van der Waals surface area (Å²) >= 11 is 3.38. The fraction of sp³-hybridized carbons (Fsp3) is 0.167. The van der Waals surface area contributed by atoms with Gasteiger partial charge in [0.15, 0.2) is 6.61 Å². The van der Waals surface area contributed by atoms with Gasteiger partial charge in [0.05, 0.1) is 5.56 Å². The number of halogens is 1. The Morgan fingerprint density at radius 3 is 2.29 bits per heavy atom. The highest BCUT2D eigenvalue weighted by molar-refractivity contribution is 9.10. The van der Waals surface area contributed by atoms with Gasteiger partial charge in [-0.1, -0.05) is 34.1 Å². The summed E-state index contributed by atoms with van der Waals surface area (Å²) in [5, 5.41) is 0. The molecule has 3 rings (SSSR count). The molecule has 160 valence electrons. The first-order chi connectivity index (χ1) is 15.0. The van der Waals surface area contributed by atoms with Crippen LogP contribution in [0.3, 0.4) is 0 Å². The molecule has 0 saturated heterocycles. The molecule has 0 aliphatic heterocycles. The lowest BCUT2D eigenvalue weighted by atomic mass is 10.2. The third-order valence-corrected chi connectivity index (χ3v) is 4.63. The number of para-hydroxylation sites is 1. The quantitative estimate of drug-likeness (QED) is 0.242. The maximum absolute atomic E-state index is 12.1. The maximum Gasteiger partial charge on any atom is 0.349 e. The van der Waals surface area contributed by atoms with Crippen molar-refractivity contribution in [1.82, 2.24) is 0 Å². The molecule has 0 atom stereocenters. The first-order valence-corrected chi connectivity index (χ1v) is 10.4. The molecule has 0 aromatic heterocycles. The average Bonchev–Trinajstić information content (AvgIpc) is 2.77. The molecule has 0 spiro atoms. The zero-order chi connectivity index (χ0) is 22.1. The van der Waals surface area contributed by atoms with Crippen LogP contribution in [0.5, 0.6) is 17.2 Å². The van der Waals surface area contributed by atoms with Crippen LogP contribution < -0.4 is 14.2 Å². The number of carbonyl (C=O) groups is 2. The number of ether oxygens (including phenoxy) is 4. The third kappa shape index (κ3) is 7.15. The van der Waals surface area contributed by atoms with Crippen molar-refractivity contribution in [1.29, 1.82) is 0 Å². The molecule has 0 unspecified atom stereocenters. The van der Waals surface area contributed by atoms with E-state index in [1.807, 2.05) is 49.4 Å². The van der Waals surface area contributed by atoms with Gasteiger partial charge in [0.1, 0.15) is 30.5 Å². The SMILES string of the molecule is Cc1cc(Br)ccc1OCC(=O)Oc1ccc(C(=O)OCCOc2ccccc2)cc1. The van der Waals surface area contributed by atoms with Crippen molar-refractivity contribution in [2.75, 3.05) is 19.8 Å². The second-order valence-corrected chi connectivity index (χ2v) is 7.41. The normalized spacial score (nSPS) is 10.3. The Morgan fingerprint density at radius 1 is 0.839 bits per heavy atom. The van der Waals surface area contributed by atoms with Gasteiger partial charge in [-0.2, -0.15) is 0 Å². The number of hydrogen-bond donors (Lipinski definition) is 0. The van der Waals surface area contributed by atoms with Crippen LogP contribution in [-0.4, -0.2) is 31.8 Å². The van der Waals surface area contributed by atoms with Crippen LogP contribution in [0.25, 0.3) is 0 Å². The molecule has 0 aliphatic rings. The lowest BCUT2D eigenvalue weighted by Gasteiger charge is -2.10. The van der Waals surface area contributed by atoms with Crippen LogP contribution in [0.15, 0.2) is 77.3 Å². The first-order valence-electron chi connectivity index (χ1n) is 9.56. The Hall–Kier alpha value is -3.32. The Labute approximate surface area is 188 Å². The molecular formula is C24H21BrO6. The summed E-state index contributed by atoms with van der Waals surface area (Å²) < 4.78 is 22.3. The van der Waals surface area contributed by atoms with E-state index in [0.717, 1.165) is 10.0 Å². The minimum Gasteiger partial charge on any atom is -0.490 e. The third-order valence-electron chi connectivity index (χ3n) is 4.13. The zero-order valence-electron chi connectivity index (χ0n) is 16.9. The molecule has 0 heterocycles. The fourth-order valence-electron chi connectivity index (χ4n) is 2.63. The predicted molar refractivity (Wildman–Crippen MR) is 119 cm³/mol. The van der Waals surface area contributed by atoms with Crippen LogP contribution in [0.2, 0.25) is 0 Å². The van der Waals surface area contributed by atoms with Gasteiger partial charge in [-0.15, -0.1) is 0 Å². The van der Waals surface area contributed by atoms with E-state index < -0.39 is 11.9 Å². The number of aryl methyl sites for hydroxylation is 1. The average molecular weight is 485 g/mol. The summed E-state index contributed by atoms with van der Waals surface area (Å²) in [7, 11) is 0. The van der Waals surface area contributed by atoms with Crippen molar-refractivity contribution < 1.29 is 28.5 Å². The molecule has 3 aromatic rings. The lowest BCUT2D eigenvalue weighted by molar-refractivity contribution is -0.136. The number of esters is 2. The van der Waals surface area contributed by atoms with Gasteiger partial charge in [-0.3, -0.25) is 0 Å². The molecule has 0 bridgehead atoms. The van der Waals surface area contributed by atoms with Crippen LogP contribution in [-0.2, 0) is 9.53 Å². The monoisotopic (exact) mass is 484 g/mol. The van der Waals surface area contributed by atoms with E-state index in [1.54, 1.807) is 6.07 Å². The van der Waals surface area contributed by atoms with E-state index in [2.05, 4.69) is 15.9 Å². The molecule has 0 radical (unpaired) electrons. The number of carbonyl (C=O) groups excluding carboxylic acids is 2. The van der Waals surface area contributed by atoms with Crippen molar-refractivity contribution in [3.8, 4) is 17.2 Å². The van der Waals surface area contributed by atoms with Gasteiger partial charge in [-0.05, 0) is 67.1 Å². The molecule has 0 aliphatic carbocycles. The standard InChI is InChI=1S/C24H21BrO6/c1-17-15-19(25)9-12-22(17)30-16-23(26)31-21-10-7-18(8-11-21)24(27)29-14-13-28-20-5-3-2-4-6-20/h2-12,15H,13-14,16H2,1H3. The molecule has 0 N–H and O–H groups in total. The topological polar surface area (TPSA) is 71.1 Å². The van der Waals surface area contributed by atoms with Gasteiger partial charge < -0.3 is 18.9 Å². The summed E-state index contributed by atoms with van der Waals surface area (Å²) in [4.78, 5) is 24.1. The largest absolute Gasteiger partial charge is 0.490 e. The Balaban J connectivity index is 1.41. The summed E-state index contributed by atoms with van der Waals surface area (Å²) in [6, 6.07) is 20.9. The first kappa shape index (κ1) is 22.4. The van der Waals surface area contributed by atoms with Crippen molar-refractivity contribution in [2.45, 2.75) is 6.92 Å². The minimum absolute atomic E-state index is 0.122. The Morgan fingerprint density at radius 2 is 1.58 bits per heavy atom. The number of hydrogen-bond acceptors (Lipinski definition) is 6. The lowest BCUT2D eigenvalue weighted by Crippen LogP contribution is -2.18. The van der Waals surface area contributed by atoms with Crippen molar-refractivity contribution in [3.63, 3.8) is 0 Å². The second-order valence-electron chi connectivity index (χ2n) is 6.49. The predicted octanol–water partition coefficient (Wildman–Crippen LogP) is 4.98. The van der Waals surface area contributed by atoms with Gasteiger partial charge >= 0.3 is 11.9 Å². The Bertz CT molecular complexity index is 1020. The smallest absolute Gasteiger partial charge is 0.349 e. The number of rotatable bonds is 9. The van der Waals surface area contributed by atoms with E-state index in [0.29, 0.717) is 22.8 Å². The molecule has 0 amide bonds. The summed E-state index contributed by atoms with van der Waals surface area (Å²) in [5.41, 5.74) is 1.25.